The quantitative estimate of drug-likeness (QED) is 0.705. The minimum Gasteiger partial charge on any atom is -0.444 e. The SMILES string of the molecule is C#Cc1cccc(NCc2c(Cl)oc3ccccc23)c1. The molecule has 3 heteroatoms. The highest BCUT2D eigenvalue weighted by Crippen LogP contribution is 2.30. The van der Waals surface area contributed by atoms with Gasteiger partial charge in [0, 0.05) is 28.7 Å². The molecule has 1 aromatic heterocycles. The summed E-state index contributed by atoms with van der Waals surface area (Å²) in [6, 6.07) is 15.5. The largest absolute Gasteiger partial charge is 0.444 e. The van der Waals surface area contributed by atoms with Gasteiger partial charge in [-0.05, 0) is 35.9 Å². The summed E-state index contributed by atoms with van der Waals surface area (Å²) in [5.74, 6) is 2.62. The van der Waals surface area contributed by atoms with Crippen LogP contribution in [0, 0.1) is 12.3 Å². The van der Waals surface area contributed by atoms with Crippen LogP contribution in [0.4, 0.5) is 5.69 Å². The number of rotatable bonds is 3. The van der Waals surface area contributed by atoms with Crippen LogP contribution >= 0.6 is 11.6 Å². The van der Waals surface area contributed by atoms with E-state index in [-0.39, 0.29) is 0 Å². The molecule has 3 rings (SSSR count). The zero-order valence-electron chi connectivity index (χ0n) is 10.7. The molecule has 0 unspecified atom stereocenters. The summed E-state index contributed by atoms with van der Waals surface area (Å²) < 4.78 is 5.53. The van der Waals surface area contributed by atoms with Crippen LogP contribution in [0.1, 0.15) is 11.1 Å². The van der Waals surface area contributed by atoms with Crippen molar-refractivity contribution in [3.63, 3.8) is 0 Å². The Labute approximate surface area is 122 Å². The Morgan fingerprint density at radius 1 is 1.15 bits per heavy atom. The van der Waals surface area contributed by atoms with Crippen LogP contribution in [0.3, 0.4) is 0 Å². The molecule has 0 aliphatic carbocycles. The summed E-state index contributed by atoms with van der Waals surface area (Å²) in [4.78, 5) is 0. The van der Waals surface area contributed by atoms with E-state index in [1.807, 2.05) is 48.5 Å². The molecule has 3 aromatic rings. The van der Waals surface area contributed by atoms with Gasteiger partial charge in [0.2, 0.25) is 0 Å². The molecule has 0 aliphatic heterocycles. The van der Waals surface area contributed by atoms with Gasteiger partial charge in [-0.1, -0.05) is 30.2 Å². The number of para-hydroxylation sites is 1. The Bertz CT molecular complexity index is 798. The number of hydrogen-bond donors (Lipinski definition) is 1. The van der Waals surface area contributed by atoms with Crippen LogP contribution in [0.2, 0.25) is 5.22 Å². The third kappa shape index (κ3) is 2.36. The maximum Gasteiger partial charge on any atom is 0.199 e. The molecule has 0 saturated heterocycles. The van der Waals surface area contributed by atoms with Gasteiger partial charge >= 0.3 is 0 Å². The third-order valence-electron chi connectivity index (χ3n) is 3.15. The molecule has 0 amide bonds. The van der Waals surface area contributed by atoms with E-state index in [0.29, 0.717) is 11.8 Å². The molecule has 2 nitrogen and oxygen atoms in total. The Kier molecular flexibility index (Phi) is 3.37. The number of nitrogens with one attached hydrogen (secondary N) is 1. The number of hydrogen-bond acceptors (Lipinski definition) is 2. The molecule has 2 aromatic carbocycles. The average molecular weight is 282 g/mol. The Morgan fingerprint density at radius 2 is 2.00 bits per heavy atom. The number of terminal acetylenes is 1. The lowest BCUT2D eigenvalue weighted by Crippen LogP contribution is -1.99. The fourth-order valence-electron chi connectivity index (χ4n) is 2.14. The summed E-state index contributed by atoms with van der Waals surface area (Å²) in [5.41, 5.74) is 3.56. The minimum absolute atomic E-state index is 0.423. The summed E-state index contributed by atoms with van der Waals surface area (Å²) in [5, 5.41) is 4.76. The number of anilines is 1. The van der Waals surface area contributed by atoms with Crippen molar-refractivity contribution in [1.82, 2.24) is 0 Å². The van der Waals surface area contributed by atoms with Gasteiger partial charge < -0.3 is 9.73 Å². The predicted molar refractivity (Wildman–Crippen MR) is 82.9 cm³/mol. The van der Waals surface area contributed by atoms with Gasteiger partial charge in [-0.25, -0.2) is 0 Å². The van der Waals surface area contributed by atoms with Gasteiger partial charge in [0.1, 0.15) is 5.58 Å². The average Bonchev–Trinajstić information content (AvgIpc) is 2.81. The molecule has 0 saturated carbocycles. The van der Waals surface area contributed by atoms with Crippen LogP contribution in [0.5, 0.6) is 0 Å². The zero-order valence-corrected chi connectivity index (χ0v) is 11.4. The highest BCUT2D eigenvalue weighted by Gasteiger charge is 2.11. The monoisotopic (exact) mass is 281 g/mol. The first kappa shape index (κ1) is 12.7. The fraction of sp³-hybridized carbons (Fsp3) is 0.0588. The van der Waals surface area contributed by atoms with Gasteiger partial charge in [0.05, 0.1) is 0 Å². The Hall–Kier alpha value is -2.37. The van der Waals surface area contributed by atoms with E-state index in [0.717, 1.165) is 27.8 Å². The smallest absolute Gasteiger partial charge is 0.199 e. The number of benzene rings is 2. The molecule has 0 atom stereocenters. The van der Waals surface area contributed by atoms with E-state index in [1.54, 1.807) is 0 Å². The standard InChI is InChI=1S/C17H12ClNO/c1-2-12-6-5-7-13(10-12)19-11-15-14-8-3-4-9-16(14)20-17(15)18/h1,3-10,19H,11H2. The molecule has 0 fully saturated rings. The Balaban J connectivity index is 1.87. The molecule has 0 spiro atoms. The molecule has 0 bridgehead atoms. The molecule has 0 aliphatic rings. The van der Waals surface area contributed by atoms with Crippen molar-refractivity contribution in [2.75, 3.05) is 5.32 Å². The van der Waals surface area contributed by atoms with E-state index in [1.165, 1.54) is 0 Å². The first-order valence-corrected chi connectivity index (χ1v) is 6.62. The normalized spacial score (nSPS) is 10.4. The van der Waals surface area contributed by atoms with E-state index >= 15 is 0 Å². The van der Waals surface area contributed by atoms with Crippen molar-refractivity contribution in [3.8, 4) is 12.3 Å². The highest BCUT2D eigenvalue weighted by atomic mass is 35.5. The molecular weight excluding hydrogens is 270 g/mol. The van der Waals surface area contributed by atoms with E-state index < -0.39 is 0 Å². The van der Waals surface area contributed by atoms with Crippen molar-refractivity contribution in [1.29, 1.82) is 0 Å². The molecule has 20 heavy (non-hydrogen) atoms. The number of halogens is 1. The molecule has 1 N–H and O–H groups in total. The highest BCUT2D eigenvalue weighted by molar-refractivity contribution is 6.30. The molecule has 1 heterocycles. The van der Waals surface area contributed by atoms with Crippen LogP contribution in [-0.2, 0) is 6.54 Å². The van der Waals surface area contributed by atoms with E-state index in [4.69, 9.17) is 22.4 Å². The maximum atomic E-state index is 6.15. The number of fused-ring (bicyclic) bond motifs is 1. The molecular formula is C17H12ClNO. The van der Waals surface area contributed by atoms with E-state index in [9.17, 15) is 0 Å². The predicted octanol–water partition coefficient (Wildman–Crippen LogP) is 4.68. The lowest BCUT2D eigenvalue weighted by molar-refractivity contribution is 0.613. The van der Waals surface area contributed by atoms with Gasteiger partial charge in [-0.3, -0.25) is 0 Å². The van der Waals surface area contributed by atoms with E-state index in [2.05, 4.69) is 11.2 Å². The topological polar surface area (TPSA) is 25.2 Å². The summed E-state index contributed by atoms with van der Waals surface area (Å²) in [7, 11) is 0. The van der Waals surface area contributed by atoms with Crippen LogP contribution in [-0.4, -0.2) is 0 Å². The first-order chi connectivity index (χ1) is 9.78. The van der Waals surface area contributed by atoms with Crippen LogP contribution in [0.25, 0.3) is 11.0 Å². The lowest BCUT2D eigenvalue weighted by Gasteiger charge is -2.06. The maximum absolute atomic E-state index is 6.15. The minimum atomic E-state index is 0.423. The van der Waals surface area contributed by atoms with Crippen molar-refractivity contribution in [2.45, 2.75) is 6.54 Å². The Morgan fingerprint density at radius 3 is 2.85 bits per heavy atom. The second-order valence-corrected chi connectivity index (χ2v) is 4.77. The van der Waals surface area contributed by atoms with Crippen molar-refractivity contribution < 1.29 is 4.42 Å². The summed E-state index contributed by atoms with van der Waals surface area (Å²) >= 11 is 6.15. The molecule has 0 radical (unpaired) electrons. The van der Waals surface area contributed by atoms with Gasteiger partial charge in [-0.2, -0.15) is 0 Å². The first-order valence-electron chi connectivity index (χ1n) is 6.24. The fourth-order valence-corrected chi connectivity index (χ4v) is 2.39. The second kappa shape index (κ2) is 5.32. The second-order valence-electron chi connectivity index (χ2n) is 4.43. The van der Waals surface area contributed by atoms with Gasteiger partial charge in [0.25, 0.3) is 0 Å². The van der Waals surface area contributed by atoms with Crippen molar-refractivity contribution in [2.24, 2.45) is 0 Å². The van der Waals surface area contributed by atoms with Crippen LogP contribution < -0.4 is 5.32 Å². The summed E-state index contributed by atoms with van der Waals surface area (Å²) in [6.45, 7) is 0.587. The third-order valence-corrected chi connectivity index (χ3v) is 3.45. The number of furan rings is 1. The van der Waals surface area contributed by atoms with Gasteiger partial charge in [-0.15, -0.1) is 6.42 Å². The summed E-state index contributed by atoms with van der Waals surface area (Å²) in [6.07, 6.45) is 5.39. The van der Waals surface area contributed by atoms with Crippen molar-refractivity contribution in [3.05, 3.63) is 64.9 Å². The van der Waals surface area contributed by atoms with Gasteiger partial charge in [0.15, 0.2) is 5.22 Å². The van der Waals surface area contributed by atoms with Crippen molar-refractivity contribution >= 4 is 28.3 Å². The van der Waals surface area contributed by atoms with Crippen LogP contribution in [0.15, 0.2) is 52.9 Å². The zero-order chi connectivity index (χ0) is 13.9. The molecule has 98 valence electrons. The lowest BCUT2D eigenvalue weighted by atomic mass is 10.1.